The van der Waals surface area contributed by atoms with Gasteiger partial charge in [0.2, 0.25) is 0 Å². The summed E-state index contributed by atoms with van der Waals surface area (Å²) in [5.41, 5.74) is 5.70. The Balaban J connectivity index is 1.36. The van der Waals surface area contributed by atoms with Gasteiger partial charge in [-0.1, -0.05) is 86.7 Å². The lowest BCUT2D eigenvalue weighted by Crippen LogP contribution is -2.35. The summed E-state index contributed by atoms with van der Waals surface area (Å²) >= 11 is 0. The number of rotatable bonds is 3. The Labute approximate surface area is 251 Å². The van der Waals surface area contributed by atoms with Crippen molar-refractivity contribution in [1.29, 1.82) is 0 Å². The van der Waals surface area contributed by atoms with Gasteiger partial charge in [0.05, 0.1) is 0 Å². The number of benzene rings is 5. The van der Waals surface area contributed by atoms with Crippen LogP contribution in [0.2, 0.25) is 0 Å². The van der Waals surface area contributed by atoms with Crippen molar-refractivity contribution in [2.75, 3.05) is 18.0 Å². The molecule has 1 atom stereocenters. The fourth-order valence-corrected chi connectivity index (χ4v) is 7.79. The van der Waals surface area contributed by atoms with Crippen LogP contribution in [-0.2, 0) is 11.0 Å². The molecule has 2 heterocycles. The molecule has 0 amide bonds. The molecule has 3 aliphatic rings. The Morgan fingerprint density at radius 1 is 0.721 bits per heavy atom. The van der Waals surface area contributed by atoms with Crippen LogP contribution in [-0.4, -0.2) is 13.1 Å². The lowest BCUT2D eigenvalue weighted by atomic mass is 9.76. The van der Waals surface area contributed by atoms with Gasteiger partial charge in [-0.3, -0.25) is 0 Å². The molecule has 1 saturated heterocycles. The average Bonchev–Trinajstić information content (AvgIpc) is 3.28. The molecule has 0 N–H and O–H groups in total. The largest absolute Gasteiger partial charge is 0.472 e. The minimum atomic E-state index is -0.862. The highest BCUT2D eigenvalue weighted by Crippen LogP contribution is 2.58. The summed E-state index contributed by atoms with van der Waals surface area (Å²) in [5.74, 6) is -0.311. The van der Waals surface area contributed by atoms with E-state index in [-0.39, 0.29) is 0 Å². The minimum Gasteiger partial charge on any atom is -0.472 e. The van der Waals surface area contributed by atoms with Crippen LogP contribution < -0.4 is 9.64 Å². The van der Waals surface area contributed by atoms with Crippen molar-refractivity contribution in [3.63, 3.8) is 0 Å². The molecule has 1 aliphatic carbocycles. The van der Waals surface area contributed by atoms with Crippen LogP contribution in [0.1, 0.15) is 60.9 Å². The van der Waals surface area contributed by atoms with Crippen molar-refractivity contribution >= 4 is 22.5 Å². The molecule has 5 aromatic rings. The van der Waals surface area contributed by atoms with E-state index in [1.807, 2.05) is 50.2 Å². The number of anilines is 1. The van der Waals surface area contributed by atoms with Crippen LogP contribution in [0.5, 0.6) is 5.75 Å². The van der Waals surface area contributed by atoms with Crippen LogP contribution >= 0.6 is 0 Å². The van der Waals surface area contributed by atoms with Gasteiger partial charge < -0.3 is 9.64 Å². The van der Waals surface area contributed by atoms with Crippen molar-refractivity contribution in [1.82, 2.24) is 0 Å². The van der Waals surface area contributed by atoms with Gasteiger partial charge in [0.25, 0.3) is 0 Å². The second kappa shape index (κ2) is 9.54. The van der Waals surface area contributed by atoms with Crippen molar-refractivity contribution < 1.29 is 13.5 Å². The third-order valence-corrected chi connectivity index (χ3v) is 9.75. The molecule has 5 aromatic carbocycles. The molecule has 1 fully saturated rings. The molecule has 214 valence electrons. The Hall–Kier alpha value is -4.44. The molecule has 4 heteroatoms. The summed E-state index contributed by atoms with van der Waals surface area (Å²) < 4.78 is 37.4. The van der Waals surface area contributed by atoms with Gasteiger partial charge in [0, 0.05) is 57.9 Å². The van der Waals surface area contributed by atoms with Gasteiger partial charge in [-0.05, 0) is 65.6 Å². The molecule has 0 spiro atoms. The number of fused-ring (bicyclic) bond motifs is 8. The Morgan fingerprint density at radius 2 is 1.40 bits per heavy atom. The summed E-state index contributed by atoms with van der Waals surface area (Å²) in [4.78, 5) is 2.47. The number of ether oxygens (including phenoxy) is 1. The zero-order chi connectivity index (χ0) is 29.3. The molecular formula is C39H33F2NO. The van der Waals surface area contributed by atoms with Crippen molar-refractivity contribution in [2.45, 2.75) is 44.1 Å². The van der Waals surface area contributed by atoms with E-state index in [9.17, 15) is 4.39 Å². The zero-order valence-corrected chi connectivity index (χ0v) is 24.5. The van der Waals surface area contributed by atoms with Crippen molar-refractivity contribution in [3.8, 4) is 16.9 Å². The van der Waals surface area contributed by atoms with Crippen LogP contribution in [0.15, 0.2) is 97.1 Å². The van der Waals surface area contributed by atoms with Gasteiger partial charge in [-0.25, -0.2) is 8.78 Å². The maximum absolute atomic E-state index is 15.5. The van der Waals surface area contributed by atoms with E-state index in [2.05, 4.69) is 59.5 Å². The summed E-state index contributed by atoms with van der Waals surface area (Å²) in [7, 11) is 0. The van der Waals surface area contributed by atoms with E-state index in [1.165, 1.54) is 31.0 Å². The molecule has 2 nitrogen and oxygen atoms in total. The van der Waals surface area contributed by atoms with E-state index in [0.717, 1.165) is 63.5 Å². The Morgan fingerprint density at radius 3 is 2.14 bits per heavy atom. The monoisotopic (exact) mass is 569 g/mol. The molecule has 43 heavy (non-hydrogen) atoms. The predicted octanol–water partition coefficient (Wildman–Crippen LogP) is 9.76. The number of halogens is 2. The Kier molecular flexibility index (Phi) is 5.81. The number of hydrogen-bond donors (Lipinski definition) is 0. The average molecular weight is 570 g/mol. The highest BCUT2D eigenvalue weighted by atomic mass is 19.1. The first-order valence-electron chi connectivity index (χ1n) is 15.3. The summed E-state index contributed by atoms with van der Waals surface area (Å²) in [6, 6.07) is 29.7. The highest BCUT2D eigenvalue weighted by molar-refractivity contribution is 6.08. The molecule has 0 aromatic heterocycles. The zero-order valence-electron chi connectivity index (χ0n) is 24.5. The molecule has 8 rings (SSSR count). The lowest BCUT2D eigenvalue weighted by Gasteiger charge is -2.38. The normalized spacial score (nSPS) is 20.0. The van der Waals surface area contributed by atoms with E-state index < -0.39 is 22.7 Å². The number of piperidine rings is 1. The quantitative estimate of drug-likeness (QED) is 0.214. The minimum absolute atomic E-state index is 0.512. The third kappa shape index (κ3) is 3.82. The first kappa shape index (κ1) is 26.2. The van der Waals surface area contributed by atoms with E-state index >= 15 is 4.39 Å². The molecule has 0 bridgehead atoms. The van der Waals surface area contributed by atoms with E-state index in [4.69, 9.17) is 4.74 Å². The maximum Gasteiger partial charge on any atom is 0.178 e. The van der Waals surface area contributed by atoms with E-state index in [1.54, 1.807) is 0 Å². The fourth-order valence-electron chi connectivity index (χ4n) is 7.79. The molecular weight excluding hydrogens is 536 g/mol. The Bertz CT molecular complexity index is 1920. The summed E-state index contributed by atoms with van der Waals surface area (Å²) in [6.45, 7) is 6.24. The second-order valence-corrected chi connectivity index (χ2v) is 12.6. The number of nitrogens with zero attached hydrogens (tertiary/aromatic N) is 1. The highest BCUT2D eigenvalue weighted by Gasteiger charge is 2.45. The van der Waals surface area contributed by atoms with Gasteiger partial charge in [-0.2, -0.15) is 0 Å². The second-order valence-electron chi connectivity index (χ2n) is 12.6. The molecule has 2 aliphatic heterocycles. The van der Waals surface area contributed by atoms with Gasteiger partial charge in [0.1, 0.15) is 17.4 Å². The van der Waals surface area contributed by atoms with E-state index in [0.29, 0.717) is 11.1 Å². The lowest BCUT2D eigenvalue weighted by molar-refractivity contribution is 0.163. The SMILES string of the molecule is CC1(C)c2c(F)cc(F)cc2-c2c1c1c(c3ccccc23)OC(c2ccccc2)(c2ccc(N3CCCCC3)cc2)C=C1. The van der Waals surface area contributed by atoms with Gasteiger partial charge in [0.15, 0.2) is 5.60 Å². The number of hydrogen-bond acceptors (Lipinski definition) is 2. The molecule has 0 radical (unpaired) electrons. The summed E-state index contributed by atoms with van der Waals surface area (Å²) in [6.07, 6.45) is 8.05. The van der Waals surface area contributed by atoms with Crippen molar-refractivity contribution in [3.05, 3.63) is 137 Å². The first-order valence-corrected chi connectivity index (χ1v) is 15.3. The van der Waals surface area contributed by atoms with Crippen LogP contribution in [0, 0.1) is 11.6 Å². The topological polar surface area (TPSA) is 12.5 Å². The van der Waals surface area contributed by atoms with Crippen LogP contribution in [0.4, 0.5) is 14.5 Å². The van der Waals surface area contributed by atoms with Gasteiger partial charge in [-0.15, -0.1) is 0 Å². The van der Waals surface area contributed by atoms with Crippen molar-refractivity contribution in [2.24, 2.45) is 0 Å². The smallest absolute Gasteiger partial charge is 0.178 e. The third-order valence-electron chi connectivity index (χ3n) is 9.75. The van der Waals surface area contributed by atoms with Gasteiger partial charge >= 0.3 is 0 Å². The summed E-state index contributed by atoms with van der Waals surface area (Å²) in [5, 5.41) is 1.87. The maximum atomic E-state index is 15.5. The molecule has 1 unspecified atom stereocenters. The predicted molar refractivity (Wildman–Crippen MR) is 171 cm³/mol. The fraction of sp³-hybridized carbons (Fsp3) is 0.231. The standard InChI is InChI=1S/C39H33F2NO/c1-38(2)35-32(23-27(40)24-33(35)41)34-29-13-7-8-14-30(29)37-31(36(34)38)19-20-39(43-37,25-11-5-3-6-12-25)26-15-17-28(18-16-26)42-21-9-4-10-22-42/h3,5-8,11-20,23-24H,4,9-10,21-22H2,1-2H3. The molecule has 0 saturated carbocycles. The van der Waals surface area contributed by atoms with Crippen LogP contribution in [0.25, 0.3) is 28.0 Å². The first-order chi connectivity index (χ1) is 20.9. The van der Waals surface area contributed by atoms with Crippen LogP contribution in [0.3, 0.4) is 0 Å².